The molecule has 2 aliphatic rings. The van der Waals surface area contributed by atoms with Crippen molar-refractivity contribution in [3.8, 4) is 0 Å². The number of anilines is 1. The van der Waals surface area contributed by atoms with Gasteiger partial charge in [0, 0.05) is 5.02 Å². The molecule has 1 amide bonds. The molecule has 2 heterocycles. The van der Waals surface area contributed by atoms with Crippen LogP contribution in [0.25, 0.3) is 0 Å². The van der Waals surface area contributed by atoms with E-state index in [-0.39, 0.29) is 23.9 Å². The van der Waals surface area contributed by atoms with Crippen LogP contribution in [0.4, 0.5) is 5.69 Å². The van der Waals surface area contributed by atoms with Gasteiger partial charge in [-0.25, -0.2) is 10.4 Å². The molecule has 3 atom stereocenters. The topological polar surface area (TPSA) is 44.4 Å². The quantitative estimate of drug-likeness (QED) is 0.891. The highest BCUT2D eigenvalue weighted by molar-refractivity contribution is 6.30. The first-order chi connectivity index (χ1) is 11.2. The lowest BCUT2D eigenvalue weighted by Crippen LogP contribution is -2.50. The van der Waals surface area contributed by atoms with E-state index in [0.29, 0.717) is 0 Å². The second-order valence-corrected chi connectivity index (χ2v) is 6.48. The van der Waals surface area contributed by atoms with E-state index in [1.807, 2.05) is 54.6 Å². The standard InChI is InChI=1S/C18H18ClN3O/c19-13-8-6-12(7-9-13)15-10-11-20-17-16(15)18(23)22(21-17)14-4-2-1-3-5-14/h1-9,15-17,20-21H,10-11H2. The fourth-order valence-electron chi connectivity index (χ4n) is 3.59. The van der Waals surface area contributed by atoms with Crippen molar-refractivity contribution in [2.45, 2.75) is 18.5 Å². The van der Waals surface area contributed by atoms with E-state index in [2.05, 4.69) is 10.7 Å². The van der Waals surface area contributed by atoms with Crippen LogP contribution in [0.1, 0.15) is 17.9 Å². The Morgan fingerprint density at radius 3 is 2.52 bits per heavy atom. The summed E-state index contributed by atoms with van der Waals surface area (Å²) in [5.74, 6) is 0.214. The van der Waals surface area contributed by atoms with Crippen LogP contribution < -0.4 is 15.8 Å². The molecule has 0 aromatic heterocycles. The van der Waals surface area contributed by atoms with Gasteiger partial charge in [-0.05, 0) is 48.7 Å². The van der Waals surface area contributed by atoms with Crippen LogP contribution in [0.3, 0.4) is 0 Å². The van der Waals surface area contributed by atoms with Gasteiger partial charge in [-0.3, -0.25) is 10.1 Å². The fourth-order valence-corrected chi connectivity index (χ4v) is 3.71. The smallest absolute Gasteiger partial charge is 0.248 e. The Bertz CT molecular complexity index is 704. The molecular formula is C18H18ClN3O. The lowest BCUT2D eigenvalue weighted by Gasteiger charge is -2.32. The van der Waals surface area contributed by atoms with Gasteiger partial charge in [-0.15, -0.1) is 0 Å². The highest BCUT2D eigenvalue weighted by Crippen LogP contribution is 2.38. The molecule has 2 aromatic carbocycles. The number of carbonyl (C=O) groups is 1. The van der Waals surface area contributed by atoms with Gasteiger partial charge in [-0.2, -0.15) is 0 Å². The Labute approximate surface area is 140 Å². The summed E-state index contributed by atoms with van der Waals surface area (Å²) in [5.41, 5.74) is 5.37. The molecule has 2 aliphatic heterocycles. The van der Waals surface area contributed by atoms with Crippen molar-refractivity contribution < 1.29 is 4.79 Å². The van der Waals surface area contributed by atoms with Crippen molar-refractivity contribution in [1.29, 1.82) is 0 Å². The molecule has 118 valence electrons. The van der Waals surface area contributed by atoms with Crippen molar-refractivity contribution in [1.82, 2.24) is 10.7 Å². The zero-order valence-electron chi connectivity index (χ0n) is 12.6. The monoisotopic (exact) mass is 327 g/mol. The third-order valence-electron chi connectivity index (χ3n) is 4.70. The van der Waals surface area contributed by atoms with Crippen LogP contribution in [0.2, 0.25) is 5.02 Å². The third-order valence-corrected chi connectivity index (χ3v) is 4.95. The minimum Gasteiger partial charge on any atom is -0.300 e. The highest BCUT2D eigenvalue weighted by atomic mass is 35.5. The Hall–Kier alpha value is -1.88. The molecule has 5 heteroatoms. The summed E-state index contributed by atoms with van der Waals surface area (Å²) >= 11 is 5.99. The number of hydrogen-bond donors (Lipinski definition) is 2. The highest BCUT2D eigenvalue weighted by Gasteiger charge is 2.47. The van der Waals surface area contributed by atoms with Crippen molar-refractivity contribution >= 4 is 23.2 Å². The van der Waals surface area contributed by atoms with Crippen molar-refractivity contribution in [2.75, 3.05) is 11.6 Å². The number of benzene rings is 2. The van der Waals surface area contributed by atoms with Gasteiger partial charge in [0.05, 0.1) is 17.8 Å². The Balaban J connectivity index is 1.65. The van der Waals surface area contributed by atoms with Crippen LogP contribution in [0.15, 0.2) is 54.6 Å². The van der Waals surface area contributed by atoms with Crippen LogP contribution in [-0.2, 0) is 4.79 Å². The maximum absolute atomic E-state index is 13.0. The Kier molecular flexibility index (Phi) is 3.81. The average Bonchev–Trinajstić information content (AvgIpc) is 2.94. The summed E-state index contributed by atoms with van der Waals surface area (Å²) in [4.78, 5) is 13.0. The number of piperidine rings is 1. The van der Waals surface area contributed by atoms with Crippen LogP contribution >= 0.6 is 11.6 Å². The van der Waals surface area contributed by atoms with Gasteiger partial charge >= 0.3 is 0 Å². The van der Waals surface area contributed by atoms with E-state index < -0.39 is 0 Å². The lowest BCUT2D eigenvalue weighted by atomic mass is 9.79. The summed E-state index contributed by atoms with van der Waals surface area (Å²) in [6, 6.07) is 17.6. The molecule has 2 aromatic rings. The number of hydrogen-bond acceptors (Lipinski definition) is 3. The van der Waals surface area contributed by atoms with E-state index in [4.69, 9.17) is 11.6 Å². The van der Waals surface area contributed by atoms with E-state index in [0.717, 1.165) is 23.7 Å². The first-order valence-corrected chi connectivity index (χ1v) is 8.26. The summed E-state index contributed by atoms with van der Waals surface area (Å²) in [7, 11) is 0. The van der Waals surface area contributed by atoms with Crippen molar-refractivity contribution in [2.24, 2.45) is 5.92 Å². The molecule has 2 N–H and O–H groups in total. The number of carbonyl (C=O) groups excluding carboxylic acids is 1. The summed E-state index contributed by atoms with van der Waals surface area (Å²) in [5, 5.41) is 5.82. The molecule has 0 saturated carbocycles. The first kappa shape index (κ1) is 14.7. The number of halogens is 1. The number of nitrogens with zero attached hydrogens (tertiary/aromatic N) is 1. The molecule has 0 spiro atoms. The van der Waals surface area contributed by atoms with Gasteiger partial charge in [0.25, 0.3) is 0 Å². The zero-order chi connectivity index (χ0) is 15.8. The zero-order valence-corrected chi connectivity index (χ0v) is 13.3. The molecule has 2 fully saturated rings. The molecular weight excluding hydrogens is 310 g/mol. The molecule has 0 aliphatic carbocycles. The predicted octanol–water partition coefficient (Wildman–Crippen LogP) is 2.91. The van der Waals surface area contributed by atoms with Crippen LogP contribution in [0, 0.1) is 5.92 Å². The average molecular weight is 328 g/mol. The second-order valence-electron chi connectivity index (χ2n) is 6.04. The second kappa shape index (κ2) is 5.96. The summed E-state index contributed by atoms with van der Waals surface area (Å²) < 4.78 is 0. The summed E-state index contributed by atoms with van der Waals surface area (Å²) in [6.07, 6.45) is 0.913. The number of fused-ring (bicyclic) bond motifs is 1. The maximum Gasteiger partial charge on any atom is 0.248 e. The first-order valence-electron chi connectivity index (χ1n) is 7.88. The number of hydrazine groups is 1. The maximum atomic E-state index is 13.0. The number of amides is 1. The van der Waals surface area contributed by atoms with Gasteiger partial charge in [0.1, 0.15) is 0 Å². The number of rotatable bonds is 2. The molecule has 0 radical (unpaired) electrons. The van der Waals surface area contributed by atoms with E-state index in [1.54, 1.807) is 5.01 Å². The minimum absolute atomic E-state index is 0.0304. The van der Waals surface area contributed by atoms with E-state index >= 15 is 0 Å². The fraction of sp³-hybridized carbons (Fsp3) is 0.278. The minimum atomic E-state index is -0.106. The molecule has 0 bridgehead atoms. The molecule has 2 saturated heterocycles. The normalized spacial score (nSPS) is 27.1. The SMILES string of the molecule is O=C1C2C(NCCC2c2ccc(Cl)cc2)NN1c1ccccc1. The van der Waals surface area contributed by atoms with Crippen LogP contribution in [0.5, 0.6) is 0 Å². The van der Waals surface area contributed by atoms with Crippen molar-refractivity contribution in [3.63, 3.8) is 0 Å². The Morgan fingerprint density at radius 2 is 1.78 bits per heavy atom. The van der Waals surface area contributed by atoms with Gasteiger partial charge in [-0.1, -0.05) is 41.9 Å². The Morgan fingerprint density at radius 1 is 1.04 bits per heavy atom. The van der Waals surface area contributed by atoms with E-state index in [1.165, 1.54) is 5.56 Å². The summed E-state index contributed by atoms with van der Waals surface area (Å²) in [6.45, 7) is 0.886. The van der Waals surface area contributed by atoms with Gasteiger partial charge < -0.3 is 0 Å². The van der Waals surface area contributed by atoms with Gasteiger partial charge in [0.15, 0.2) is 0 Å². The molecule has 4 nitrogen and oxygen atoms in total. The third kappa shape index (κ3) is 2.63. The lowest BCUT2D eigenvalue weighted by molar-refractivity contribution is -0.121. The van der Waals surface area contributed by atoms with Gasteiger partial charge in [0.2, 0.25) is 5.91 Å². The largest absolute Gasteiger partial charge is 0.300 e. The number of para-hydroxylation sites is 1. The predicted molar refractivity (Wildman–Crippen MR) is 91.2 cm³/mol. The van der Waals surface area contributed by atoms with Crippen molar-refractivity contribution in [3.05, 3.63) is 65.2 Å². The molecule has 3 unspecified atom stereocenters. The van der Waals surface area contributed by atoms with Crippen LogP contribution in [-0.4, -0.2) is 18.6 Å². The van der Waals surface area contributed by atoms with E-state index in [9.17, 15) is 4.79 Å². The molecule has 4 rings (SSSR count). The molecule has 23 heavy (non-hydrogen) atoms. The number of nitrogens with one attached hydrogen (secondary N) is 2.